The van der Waals surface area contributed by atoms with Crippen molar-refractivity contribution < 1.29 is 9.59 Å². The van der Waals surface area contributed by atoms with Crippen molar-refractivity contribution in [2.45, 2.75) is 20.4 Å². The Morgan fingerprint density at radius 2 is 2.04 bits per heavy atom. The third kappa shape index (κ3) is 2.85. The van der Waals surface area contributed by atoms with Crippen molar-refractivity contribution in [2.75, 3.05) is 5.32 Å². The monoisotopic (exact) mass is 307 g/mol. The number of fused-ring (bicyclic) bond motifs is 1. The molecule has 1 N–H and O–H groups in total. The number of Topliss-reactive ketones (excluding diaryl/α,β-unsaturated/α-hetero) is 1. The Bertz CT molecular complexity index is 896. The molecule has 0 radical (unpaired) electrons. The lowest BCUT2D eigenvalue weighted by Gasteiger charge is -2.05. The highest BCUT2D eigenvalue weighted by Gasteiger charge is 2.15. The van der Waals surface area contributed by atoms with Gasteiger partial charge in [0.15, 0.2) is 5.78 Å². The standard InChI is InChI=1S/C18H17N3O2/c1-3-21-11-16(15-8-5-9-19-17(15)21)18(23)20-14-7-4-6-13(10-14)12(2)22/h4-11H,3H2,1-2H3,(H,20,23). The van der Waals surface area contributed by atoms with Crippen LogP contribution in [0.15, 0.2) is 48.8 Å². The third-order valence-electron chi connectivity index (χ3n) is 3.75. The molecule has 1 amide bonds. The zero-order valence-corrected chi connectivity index (χ0v) is 13.0. The van der Waals surface area contributed by atoms with Crippen molar-refractivity contribution >= 4 is 28.4 Å². The quantitative estimate of drug-likeness (QED) is 0.750. The van der Waals surface area contributed by atoms with E-state index in [0.717, 1.165) is 17.6 Å². The van der Waals surface area contributed by atoms with E-state index in [1.165, 1.54) is 6.92 Å². The minimum atomic E-state index is -0.212. The lowest BCUT2D eigenvalue weighted by molar-refractivity contribution is 0.101. The smallest absolute Gasteiger partial charge is 0.257 e. The van der Waals surface area contributed by atoms with Crippen LogP contribution in [-0.4, -0.2) is 21.2 Å². The molecule has 2 heterocycles. The second kappa shape index (κ2) is 6.04. The van der Waals surface area contributed by atoms with E-state index < -0.39 is 0 Å². The van der Waals surface area contributed by atoms with Gasteiger partial charge in [0.2, 0.25) is 0 Å². The summed E-state index contributed by atoms with van der Waals surface area (Å²) in [5.41, 5.74) is 2.53. The summed E-state index contributed by atoms with van der Waals surface area (Å²) in [6, 6.07) is 10.6. The molecule has 0 fully saturated rings. The van der Waals surface area contributed by atoms with Crippen LogP contribution in [0.5, 0.6) is 0 Å². The second-order valence-electron chi connectivity index (χ2n) is 5.29. The molecule has 23 heavy (non-hydrogen) atoms. The molecule has 5 heteroatoms. The molecule has 0 saturated carbocycles. The Morgan fingerprint density at radius 1 is 1.22 bits per heavy atom. The van der Waals surface area contributed by atoms with Gasteiger partial charge in [-0.15, -0.1) is 0 Å². The average Bonchev–Trinajstić information content (AvgIpc) is 2.94. The number of nitrogens with zero attached hydrogens (tertiary/aromatic N) is 2. The van der Waals surface area contributed by atoms with Gasteiger partial charge in [0, 0.05) is 35.6 Å². The van der Waals surface area contributed by atoms with Crippen molar-refractivity contribution in [2.24, 2.45) is 0 Å². The second-order valence-corrected chi connectivity index (χ2v) is 5.29. The molecule has 0 aliphatic heterocycles. The Hall–Kier alpha value is -2.95. The lowest BCUT2D eigenvalue weighted by atomic mass is 10.1. The number of nitrogens with one attached hydrogen (secondary N) is 1. The molecule has 0 aliphatic rings. The summed E-state index contributed by atoms with van der Waals surface area (Å²) in [5, 5.41) is 3.67. The molecular formula is C18H17N3O2. The van der Waals surface area contributed by atoms with Crippen LogP contribution >= 0.6 is 0 Å². The number of amides is 1. The van der Waals surface area contributed by atoms with E-state index >= 15 is 0 Å². The number of hydrogen-bond acceptors (Lipinski definition) is 3. The largest absolute Gasteiger partial charge is 0.332 e. The van der Waals surface area contributed by atoms with Crippen LogP contribution in [0.2, 0.25) is 0 Å². The number of rotatable bonds is 4. The number of hydrogen-bond donors (Lipinski definition) is 1. The summed E-state index contributed by atoms with van der Waals surface area (Å²) in [6.07, 6.45) is 3.52. The summed E-state index contributed by atoms with van der Waals surface area (Å²) in [6.45, 7) is 4.24. The first kappa shape index (κ1) is 15.0. The van der Waals surface area contributed by atoms with Gasteiger partial charge in [-0.2, -0.15) is 0 Å². The number of aromatic nitrogens is 2. The van der Waals surface area contributed by atoms with Gasteiger partial charge in [0.05, 0.1) is 5.56 Å². The van der Waals surface area contributed by atoms with Crippen molar-refractivity contribution in [3.8, 4) is 0 Å². The van der Waals surface area contributed by atoms with Crippen LogP contribution in [0.1, 0.15) is 34.6 Å². The zero-order valence-electron chi connectivity index (χ0n) is 13.0. The first-order valence-electron chi connectivity index (χ1n) is 7.46. The highest BCUT2D eigenvalue weighted by Crippen LogP contribution is 2.21. The molecule has 0 aliphatic carbocycles. The van der Waals surface area contributed by atoms with Crippen LogP contribution in [0.3, 0.4) is 0 Å². The number of anilines is 1. The van der Waals surface area contributed by atoms with E-state index in [1.807, 2.05) is 29.8 Å². The minimum Gasteiger partial charge on any atom is -0.332 e. The molecule has 1 aromatic carbocycles. The fraction of sp³-hybridized carbons (Fsp3) is 0.167. The maximum atomic E-state index is 12.6. The Labute approximate surface area is 134 Å². The van der Waals surface area contributed by atoms with E-state index in [2.05, 4.69) is 10.3 Å². The Balaban J connectivity index is 1.95. The predicted molar refractivity (Wildman–Crippen MR) is 89.8 cm³/mol. The maximum Gasteiger partial charge on any atom is 0.257 e. The van der Waals surface area contributed by atoms with Crippen molar-refractivity contribution in [1.82, 2.24) is 9.55 Å². The number of benzene rings is 1. The van der Waals surface area contributed by atoms with E-state index in [-0.39, 0.29) is 11.7 Å². The van der Waals surface area contributed by atoms with Gasteiger partial charge in [0.1, 0.15) is 5.65 Å². The SMILES string of the molecule is CCn1cc(C(=O)Nc2cccc(C(C)=O)c2)c2cccnc21. The summed E-state index contributed by atoms with van der Waals surface area (Å²) < 4.78 is 1.94. The fourth-order valence-electron chi connectivity index (χ4n) is 2.56. The Morgan fingerprint density at radius 3 is 2.78 bits per heavy atom. The van der Waals surface area contributed by atoms with Crippen molar-refractivity contribution in [1.29, 1.82) is 0 Å². The van der Waals surface area contributed by atoms with E-state index in [1.54, 1.807) is 30.5 Å². The van der Waals surface area contributed by atoms with Gasteiger partial charge in [0.25, 0.3) is 5.91 Å². The first-order valence-corrected chi connectivity index (χ1v) is 7.46. The molecule has 3 rings (SSSR count). The highest BCUT2D eigenvalue weighted by molar-refractivity contribution is 6.12. The summed E-state index contributed by atoms with van der Waals surface area (Å²) in [7, 11) is 0. The lowest BCUT2D eigenvalue weighted by Crippen LogP contribution is -2.12. The summed E-state index contributed by atoms with van der Waals surface area (Å²) in [4.78, 5) is 28.4. The molecule has 0 atom stereocenters. The minimum absolute atomic E-state index is 0.0344. The van der Waals surface area contributed by atoms with E-state index in [0.29, 0.717) is 16.8 Å². The average molecular weight is 307 g/mol. The van der Waals surface area contributed by atoms with E-state index in [4.69, 9.17) is 0 Å². The maximum absolute atomic E-state index is 12.6. The molecule has 2 aromatic heterocycles. The number of ketones is 1. The topological polar surface area (TPSA) is 64.0 Å². The van der Waals surface area contributed by atoms with Gasteiger partial charge in [-0.3, -0.25) is 9.59 Å². The molecule has 3 aromatic rings. The van der Waals surface area contributed by atoms with Crippen LogP contribution < -0.4 is 5.32 Å². The van der Waals surface area contributed by atoms with Crippen LogP contribution in [-0.2, 0) is 6.54 Å². The summed E-state index contributed by atoms with van der Waals surface area (Å²) in [5.74, 6) is -0.246. The van der Waals surface area contributed by atoms with Crippen molar-refractivity contribution in [3.05, 3.63) is 59.9 Å². The molecular weight excluding hydrogens is 290 g/mol. The van der Waals surface area contributed by atoms with Gasteiger partial charge < -0.3 is 9.88 Å². The predicted octanol–water partition coefficient (Wildman–Crippen LogP) is 3.51. The molecule has 0 saturated heterocycles. The molecule has 0 spiro atoms. The highest BCUT2D eigenvalue weighted by atomic mass is 16.1. The zero-order chi connectivity index (χ0) is 16.4. The van der Waals surface area contributed by atoms with E-state index in [9.17, 15) is 9.59 Å². The molecule has 0 bridgehead atoms. The van der Waals surface area contributed by atoms with Crippen LogP contribution in [0, 0.1) is 0 Å². The molecule has 0 unspecified atom stereocenters. The van der Waals surface area contributed by atoms with Gasteiger partial charge in [-0.25, -0.2) is 4.98 Å². The Kier molecular flexibility index (Phi) is 3.93. The van der Waals surface area contributed by atoms with Gasteiger partial charge in [-0.1, -0.05) is 12.1 Å². The normalized spacial score (nSPS) is 10.7. The van der Waals surface area contributed by atoms with Crippen LogP contribution in [0.25, 0.3) is 11.0 Å². The van der Waals surface area contributed by atoms with Crippen molar-refractivity contribution in [3.63, 3.8) is 0 Å². The van der Waals surface area contributed by atoms with Crippen LogP contribution in [0.4, 0.5) is 5.69 Å². The number of aryl methyl sites for hydroxylation is 1. The number of carbonyl (C=O) groups is 2. The third-order valence-corrected chi connectivity index (χ3v) is 3.75. The first-order chi connectivity index (χ1) is 11.1. The summed E-state index contributed by atoms with van der Waals surface area (Å²) >= 11 is 0. The molecule has 5 nitrogen and oxygen atoms in total. The number of carbonyl (C=O) groups excluding carboxylic acids is 2. The van der Waals surface area contributed by atoms with Gasteiger partial charge >= 0.3 is 0 Å². The van der Waals surface area contributed by atoms with Gasteiger partial charge in [-0.05, 0) is 38.1 Å². The fourth-order valence-corrected chi connectivity index (χ4v) is 2.56. The number of pyridine rings is 1. The molecule has 116 valence electrons.